The van der Waals surface area contributed by atoms with Gasteiger partial charge in [0.15, 0.2) is 0 Å². The zero-order valence-corrected chi connectivity index (χ0v) is 12.9. The maximum Gasteiger partial charge on any atom is 0.0592 e. The van der Waals surface area contributed by atoms with Gasteiger partial charge in [-0.3, -0.25) is 4.98 Å². The van der Waals surface area contributed by atoms with Crippen LogP contribution in [0.4, 0.5) is 0 Å². The van der Waals surface area contributed by atoms with Crippen molar-refractivity contribution in [3.8, 4) is 0 Å². The predicted molar refractivity (Wildman–Crippen MR) is 83.3 cm³/mol. The first-order chi connectivity index (χ1) is 9.22. The van der Waals surface area contributed by atoms with Crippen molar-refractivity contribution in [1.29, 1.82) is 0 Å². The Bertz CT molecular complexity index is 526. The fourth-order valence-electron chi connectivity index (χ4n) is 2.05. The molecule has 1 aromatic carbocycles. The molecule has 1 heterocycles. The molecule has 3 heteroatoms. The highest BCUT2D eigenvalue weighted by Gasteiger charge is 2.14. The Morgan fingerprint density at radius 2 is 2.11 bits per heavy atom. The lowest BCUT2D eigenvalue weighted by Gasteiger charge is -2.20. The molecule has 1 atom stereocenters. The maximum absolute atomic E-state index is 4.23. The van der Waals surface area contributed by atoms with E-state index in [1.54, 1.807) is 0 Å². The predicted octanol–water partition coefficient (Wildman–Crippen LogP) is 4.24. The van der Waals surface area contributed by atoms with E-state index in [4.69, 9.17) is 0 Å². The molecule has 0 aliphatic carbocycles. The van der Waals surface area contributed by atoms with Gasteiger partial charge in [0.2, 0.25) is 0 Å². The van der Waals surface area contributed by atoms with Crippen LogP contribution in [-0.4, -0.2) is 11.5 Å². The summed E-state index contributed by atoms with van der Waals surface area (Å²) in [5.74, 6) is 0. The number of pyridine rings is 1. The van der Waals surface area contributed by atoms with E-state index in [-0.39, 0.29) is 6.04 Å². The molecule has 2 rings (SSSR count). The van der Waals surface area contributed by atoms with Gasteiger partial charge in [0, 0.05) is 16.9 Å². The number of rotatable bonds is 5. The Morgan fingerprint density at radius 1 is 1.26 bits per heavy atom. The topological polar surface area (TPSA) is 24.9 Å². The van der Waals surface area contributed by atoms with Crippen LogP contribution in [0.1, 0.15) is 36.1 Å². The second kappa shape index (κ2) is 6.83. The molecule has 2 aromatic rings. The molecular weight excluding hydrogens is 300 g/mol. The molecule has 0 amide bonds. The van der Waals surface area contributed by atoms with Crippen LogP contribution < -0.4 is 5.32 Å². The lowest BCUT2D eigenvalue weighted by atomic mass is 9.99. The summed E-state index contributed by atoms with van der Waals surface area (Å²) in [4.78, 5) is 4.23. The average Bonchev–Trinajstić information content (AvgIpc) is 2.44. The van der Waals surface area contributed by atoms with Gasteiger partial charge in [-0.2, -0.15) is 0 Å². The third-order valence-corrected chi connectivity index (χ3v) is 4.00. The second-order valence-electron chi connectivity index (χ2n) is 4.68. The number of nitrogens with one attached hydrogen (secondary N) is 1. The molecule has 0 aliphatic heterocycles. The first-order valence-corrected chi connectivity index (χ1v) is 7.41. The first-order valence-electron chi connectivity index (χ1n) is 6.61. The minimum Gasteiger partial charge on any atom is -0.306 e. The zero-order valence-electron chi connectivity index (χ0n) is 11.4. The van der Waals surface area contributed by atoms with Crippen LogP contribution in [-0.2, 0) is 0 Å². The van der Waals surface area contributed by atoms with E-state index >= 15 is 0 Å². The molecule has 0 aliphatic rings. The summed E-state index contributed by atoms with van der Waals surface area (Å²) in [7, 11) is 0. The maximum atomic E-state index is 4.23. The van der Waals surface area contributed by atoms with Crippen molar-refractivity contribution in [2.75, 3.05) is 6.54 Å². The third kappa shape index (κ3) is 3.64. The number of aromatic nitrogens is 1. The molecule has 2 nitrogen and oxygen atoms in total. The van der Waals surface area contributed by atoms with Crippen LogP contribution in [0.3, 0.4) is 0 Å². The molecule has 1 N–H and O–H groups in total. The number of aryl methyl sites for hydroxylation is 1. The summed E-state index contributed by atoms with van der Waals surface area (Å²) in [6.07, 6.45) is 4.86. The van der Waals surface area contributed by atoms with Crippen LogP contribution in [0.2, 0.25) is 0 Å². The number of benzene rings is 1. The summed E-state index contributed by atoms with van der Waals surface area (Å²) < 4.78 is 1.15. The number of halogens is 1. The molecular formula is C16H19BrN2. The van der Waals surface area contributed by atoms with E-state index in [9.17, 15) is 0 Å². The molecule has 0 radical (unpaired) electrons. The van der Waals surface area contributed by atoms with E-state index in [0.29, 0.717) is 0 Å². The Hall–Kier alpha value is -1.19. The van der Waals surface area contributed by atoms with E-state index in [1.807, 2.05) is 18.5 Å². The molecule has 1 unspecified atom stereocenters. The lowest BCUT2D eigenvalue weighted by Crippen LogP contribution is -2.23. The molecule has 0 spiro atoms. The minimum atomic E-state index is 0.200. The minimum absolute atomic E-state index is 0.200. The lowest BCUT2D eigenvalue weighted by molar-refractivity contribution is 0.597. The highest BCUT2D eigenvalue weighted by atomic mass is 79.9. The van der Waals surface area contributed by atoms with Gasteiger partial charge in [-0.25, -0.2) is 0 Å². The van der Waals surface area contributed by atoms with E-state index in [2.05, 4.69) is 64.3 Å². The van der Waals surface area contributed by atoms with Gasteiger partial charge < -0.3 is 5.32 Å². The van der Waals surface area contributed by atoms with Crippen LogP contribution >= 0.6 is 15.9 Å². The summed E-state index contributed by atoms with van der Waals surface area (Å²) in [5.41, 5.74) is 3.72. The van der Waals surface area contributed by atoms with Gasteiger partial charge in [0.1, 0.15) is 0 Å². The highest BCUT2D eigenvalue weighted by Crippen LogP contribution is 2.26. The van der Waals surface area contributed by atoms with Gasteiger partial charge in [0.25, 0.3) is 0 Å². The average molecular weight is 319 g/mol. The normalized spacial score (nSPS) is 12.4. The number of hydrogen-bond donors (Lipinski definition) is 1. The monoisotopic (exact) mass is 318 g/mol. The molecule has 0 fully saturated rings. The molecule has 0 saturated carbocycles. The highest BCUT2D eigenvalue weighted by molar-refractivity contribution is 9.10. The molecule has 0 bridgehead atoms. The summed E-state index contributed by atoms with van der Waals surface area (Å²) in [6.45, 7) is 5.27. The van der Waals surface area contributed by atoms with Crippen LogP contribution in [0.5, 0.6) is 0 Å². The van der Waals surface area contributed by atoms with Crippen molar-refractivity contribution in [2.24, 2.45) is 0 Å². The van der Waals surface area contributed by atoms with Crippen LogP contribution in [0.25, 0.3) is 0 Å². The van der Waals surface area contributed by atoms with Crippen molar-refractivity contribution in [2.45, 2.75) is 26.3 Å². The first kappa shape index (κ1) is 14.2. The van der Waals surface area contributed by atoms with Gasteiger partial charge in [-0.05, 0) is 48.7 Å². The Morgan fingerprint density at radius 3 is 2.74 bits per heavy atom. The molecule has 19 heavy (non-hydrogen) atoms. The van der Waals surface area contributed by atoms with Gasteiger partial charge in [-0.15, -0.1) is 0 Å². The largest absolute Gasteiger partial charge is 0.306 e. The second-order valence-corrected chi connectivity index (χ2v) is 5.54. The van der Waals surface area contributed by atoms with Crippen LogP contribution in [0.15, 0.2) is 47.2 Å². The Labute approximate surface area is 123 Å². The van der Waals surface area contributed by atoms with E-state index in [1.165, 1.54) is 16.7 Å². The van der Waals surface area contributed by atoms with Crippen molar-refractivity contribution in [3.63, 3.8) is 0 Å². The van der Waals surface area contributed by atoms with Crippen molar-refractivity contribution >= 4 is 15.9 Å². The van der Waals surface area contributed by atoms with Crippen molar-refractivity contribution < 1.29 is 0 Å². The summed E-state index contributed by atoms with van der Waals surface area (Å²) >= 11 is 3.61. The van der Waals surface area contributed by atoms with E-state index in [0.717, 1.165) is 17.4 Å². The fraction of sp³-hybridized carbons (Fsp3) is 0.312. The smallest absolute Gasteiger partial charge is 0.0592 e. The zero-order chi connectivity index (χ0) is 13.7. The van der Waals surface area contributed by atoms with Crippen molar-refractivity contribution in [1.82, 2.24) is 10.3 Å². The van der Waals surface area contributed by atoms with Gasteiger partial charge >= 0.3 is 0 Å². The fourth-order valence-corrected chi connectivity index (χ4v) is 2.45. The Balaban J connectivity index is 2.34. The third-order valence-electron chi connectivity index (χ3n) is 3.15. The Kier molecular flexibility index (Phi) is 5.11. The van der Waals surface area contributed by atoms with Gasteiger partial charge in [-0.1, -0.05) is 41.1 Å². The van der Waals surface area contributed by atoms with Gasteiger partial charge in [0.05, 0.1) is 6.04 Å². The quantitative estimate of drug-likeness (QED) is 0.891. The number of nitrogens with zero attached hydrogens (tertiary/aromatic N) is 1. The standard InChI is InChI=1S/C16H19BrN2/c1-3-8-19-16(14-5-4-9-18-11-14)13-7-6-12(2)15(17)10-13/h4-7,9-11,16,19H,3,8H2,1-2H3. The molecule has 100 valence electrons. The van der Waals surface area contributed by atoms with Crippen molar-refractivity contribution in [3.05, 3.63) is 63.9 Å². The molecule has 1 aromatic heterocycles. The van der Waals surface area contributed by atoms with Crippen LogP contribution in [0, 0.1) is 6.92 Å². The van der Waals surface area contributed by atoms with E-state index < -0.39 is 0 Å². The number of hydrogen-bond acceptors (Lipinski definition) is 2. The summed E-state index contributed by atoms with van der Waals surface area (Å²) in [6, 6.07) is 10.8. The molecule has 0 saturated heterocycles. The SMILES string of the molecule is CCCNC(c1cccnc1)c1ccc(C)c(Br)c1. The summed E-state index contributed by atoms with van der Waals surface area (Å²) in [5, 5.41) is 3.59.